The van der Waals surface area contributed by atoms with Gasteiger partial charge in [-0.1, -0.05) is 0 Å². The fourth-order valence-electron chi connectivity index (χ4n) is 1.18. The zero-order chi connectivity index (χ0) is 8.72. The monoisotopic (exact) mass is 165 g/mol. The first-order valence-electron chi connectivity index (χ1n) is 3.40. The lowest BCUT2D eigenvalue weighted by molar-refractivity contribution is 0.408. The van der Waals surface area contributed by atoms with E-state index in [2.05, 4.69) is 0 Å². The summed E-state index contributed by atoms with van der Waals surface area (Å²) in [5.41, 5.74) is 0.218. The normalized spacial score (nSPS) is 10.7. The van der Waals surface area contributed by atoms with Crippen LogP contribution in [-0.4, -0.2) is 19.7 Å². The molecule has 62 valence electrons. The van der Waals surface area contributed by atoms with Crippen LogP contribution in [0, 0.1) is 0 Å². The van der Waals surface area contributed by atoms with Crippen molar-refractivity contribution in [3.05, 3.63) is 24.5 Å². The molecule has 2 aromatic heterocycles. The van der Waals surface area contributed by atoms with E-state index in [4.69, 9.17) is 5.11 Å². The van der Waals surface area contributed by atoms with Crippen molar-refractivity contribution < 1.29 is 15.3 Å². The van der Waals surface area contributed by atoms with Crippen LogP contribution in [0.3, 0.4) is 0 Å². The van der Waals surface area contributed by atoms with Crippen molar-refractivity contribution in [3.63, 3.8) is 0 Å². The molecule has 0 amide bonds. The van der Waals surface area contributed by atoms with Gasteiger partial charge in [0.1, 0.15) is 11.3 Å². The lowest BCUT2D eigenvalue weighted by Crippen LogP contribution is -1.79. The molecular weight excluding hydrogens is 158 g/mol. The van der Waals surface area contributed by atoms with E-state index in [1.807, 2.05) is 0 Å². The Labute approximate surface area is 67.9 Å². The maximum Gasteiger partial charge on any atom is 0.187 e. The van der Waals surface area contributed by atoms with E-state index in [0.29, 0.717) is 0 Å². The Morgan fingerprint density at radius 3 is 2.50 bits per heavy atom. The van der Waals surface area contributed by atoms with E-state index in [-0.39, 0.29) is 22.8 Å². The molecule has 0 aliphatic carbocycles. The summed E-state index contributed by atoms with van der Waals surface area (Å²) in [5, 5.41) is 27.6. The van der Waals surface area contributed by atoms with Crippen molar-refractivity contribution in [1.82, 2.24) is 4.40 Å². The summed E-state index contributed by atoms with van der Waals surface area (Å²) < 4.78 is 1.44. The molecule has 0 spiro atoms. The standard InChI is InChI=1S/C8H7NO3/c10-5-2-1-3-9-4-6(11)8(12)7(5)9/h1-4,10-12H. The molecule has 2 rings (SSSR count). The largest absolute Gasteiger partial charge is 0.506 e. The Morgan fingerprint density at radius 2 is 1.83 bits per heavy atom. The molecule has 12 heavy (non-hydrogen) atoms. The van der Waals surface area contributed by atoms with Gasteiger partial charge < -0.3 is 19.7 Å². The van der Waals surface area contributed by atoms with Crippen molar-refractivity contribution >= 4 is 5.52 Å². The number of pyridine rings is 1. The average Bonchev–Trinajstić information content (AvgIpc) is 2.29. The highest BCUT2D eigenvalue weighted by Gasteiger charge is 2.10. The Bertz CT molecular complexity index is 433. The van der Waals surface area contributed by atoms with Crippen molar-refractivity contribution in [3.8, 4) is 17.2 Å². The molecule has 2 aromatic rings. The maximum atomic E-state index is 9.27. The van der Waals surface area contributed by atoms with E-state index in [1.165, 1.54) is 16.7 Å². The van der Waals surface area contributed by atoms with Crippen molar-refractivity contribution in [2.75, 3.05) is 0 Å². The third kappa shape index (κ3) is 0.717. The quantitative estimate of drug-likeness (QED) is 0.546. The molecule has 0 bridgehead atoms. The summed E-state index contributed by atoms with van der Waals surface area (Å²) in [6.45, 7) is 0. The molecule has 3 N–H and O–H groups in total. The topological polar surface area (TPSA) is 65.1 Å². The first kappa shape index (κ1) is 6.84. The lowest BCUT2D eigenvalue weighted by Gasteiger charge is -1.96. The molecule has 0 unspecified atom stereocenters. The van der Waals surface area contributed by atoms with Crippen LogP contribution < -0.4 is 0 Å². The van der Waals surface area contributed by atoms with Gasteiger partial charge in [0.2, 0.25) is 0 Å². The third-order valence-corrected chi connectivity index (χ3v) is 1.73. The second-order valence-corrected chi connectivity index (χ2v) is 2.51. The van der Waals surface area contributed by atoms with Crippen LogP contribution >= 0.6 is 0 Å². The number of hydrogen-bond donors (Lipinski definition) is 3. The molecule has 4 heteroatoms. The number of rotatable bonds is 0. The molecule has 2 heterocycles. The number of nitrogens with zero attached hydrogens (tertiary/aromatic N) is 1. The van der Waals surface area contributed by atoms with Gasteiger partial charge in [-0.05, 0) is 12.1 Å². The second-order valence-electron chi connectivity index (χ2n) is 2.51. The smallest absolute Gasteiger partial charge is 0.187 e. The molecule has 0 atom stereocenters. The van der Waals surface area contributed by atoms with Gasteiger partial charge in [0.05, 0.1) is 6.20 Å². The van der Waals surface area contributed by atoms with Crippen molar-refractivity contribution in [2.45, 2.75) is 0 Å². The van der Waals surface area contributed by atoms with Crippen LogP contribution in [0.4, 0.5) is 0 Å². The molecule has 0 aliphatic rings. The van der Waals surface area contributed by atoms with Crippen LogP contribution in [0.1, 0.15) is 0 Å². The van der Waals surface area contributed by atoms with Crippen LogP contribution in [0.5, 0.6) is 17.2 Å². The summed E-state index contributed by atoms with van der Waals surface area (Å²) in [4.78, 5) is 0. The number of hydrogen-bond acceptors (Lipinski definition) is 3. The molecular formula is C8H7NO3. The predicted octanol–water partition coefficient (Wildman–Crippen LogP) is 1.06. The van der Waals surface area contributed by atoms with Crippen molar-refractivity contribution in [1.29, 1.82) is 0 Å². The molecule has 0 aromatic carbocycles. The highest BCUT2D eigenvalue weighted by atomic mass is 16.3. The average molecular weight is 165 g/mol. The minimum Gasteiger partial charge on any atom is -0.506 e. The molecule has 0 fully saturated rings. The van der Waals surface area contributed by atoms with Gasteiger partial charge in [-0.25, -0.2) is 0 Å². The van der Waals surface area contributed by atoms with Gasteiger partial charge in [-0.3, -0.25) is 0 Å². The first-order chi connectivity index (χ1) is 5.70. The Balaban J connectivity index is 2.97. The van der Waals surface area contributed by atoms with Crippen LogP contribution in [0.15, 0.2) is 24.5 Å². The van der Waals surface area contributed by atoms with Gasteiger partial charge >= 0.3 is 0 Å². The van der Waals surface area contributed by atoms with E-state index in [9.17, 15) is 10.2 Å². The summed E-state index contributed by atoms with van der Waals surface area (Å²) in [6, 6.07) is 3.05. The van der Waals surface area contributed by atoms with Gasteiger partial charge in [-0.2, -0.15) is 0 Å². The van der Waals surface area contributed by atoms with E-state index in [0.717, 1.165) is 0 Å². The summed E-state index contributed by atoms with van der Waals surface area (Å²) in [5.74, 6) is -0.597. The molecule has 0 aliphatic heterocycles. The van der Waals surface area contributed by atoms with Gasteiger partial charge in [0.25, 0.3) is 0 Å². The van der Waals surface area contributed by atoms with Gasteiger partial charge in [0.15, 0.2) is 11.5 Å². The lowest BCUT2D eigenvalue weighted by atomic mass is 10.3. The van der Waals surface area contributed by atoms with Gasteiger partial charge in [-0.15, -0.1) is 0 Å². The van der Waals surface area contributed by atoms with Crippen LogP contribution in [0.2, 0.25) is 0 Å². The zero-order valence-corrected chi connectivity index (χ0v) is 6.10. The maximum absolute atomic E-state index is 9.27. The highest BCUT2D eigenvalue weighted by Crippen LogP contribution is 2.36. The Morgan fingerprint density at radius 1 is 1.08 bits per heavy atom. The highest BCUT2D eigenvalue weighted by molar-refractivity contribution is 5.73. The SMILES string of the molecule is Oc1cn2cccc(O)c2c1O. The fourth-order valence-corrected chi connectivity index (χ4v) is 1.18. The second kappa shape index (κ2) is 2.07. The molecule has 0 radical (unpaired) electrons. The first-order valence-corrected chi connectivity index (χ1v) is 3.40. The molecule has 0 saturated heterocycles. The fraction of sp³-hybridized carbons (Fsp3) is 0. The third-order valence-electron chi connectivity index (χ3n) is 1.73. The zero-order valence-electron chi connectivity index (χ0n) is 6.10. The Hall–Kier alpha value is -1.84. The van der Waals surface area contributed by atoms with E-state index < -0.39 is 0 Å². The minimum atomic E-state index is -0.298. The predicted molar refractivity (Wildman–Crippen MR) is 42.4 cm³/mol. The minimum absolute atomic E-state index is 0.0599. The van der Waals surface area contributed by atoms with E-state index >= 15 is 0 Å². The van der Waals surface area contributed by atoms with Crippen LogP contribution in [0.25, 0.3) is 5.52 Å². The number of fused-ring (bicyclic) bond motifs is 1. The molecule has 0 saturated carbocycles. The van der Waals surface area contributed by atoms with Gasteiger partial charge in [0, 0.05) is 6.20 Å². The number of aromatic hydroxyl groups is 3. The summed E-state index contributed by atoms with van der Waals surface area (Å²) >= 11 is 0. The van der Waals surface area contributed by atoms with Crippen molar-refractivity contribution in [2.24, 2.45) is 0 Å². The van der Waals surface area contributed by atoms with E-state index in [1.54, 1.807) is 12.3 Å². The summed E-state index contributed by atoms with van der Waals surface area (Å²) in [7, 11) is 0. The number of aromatic nitrogens is 1. The molecule has 4 nitrogen and oxygen atoms in total. The summed E-state index contributed by atoms with van der Waals surface area (Å²) in [6.07, 6.45) is 2.94. The Kier molecular flexibility index (Phi) is 1.18. The van der Waals surface area contributed by atoms with Crippen LogP contribution in [-0.2, 0) is 0 Å².